The fourth-order valence-corrected chi connectivity index (χ4v) is 2.29. The summed E-state index contributed by atoms with van der Waals surface area (Å²) in [6.07, 6.45) is 6.19. The predicted molar refractivity (Wildman–Crippen MR) is 67.0 cm³/mol. The highest BCUT2D eigenvalue weighted by atomic mass is 16.5. The first-order chi connectivity index (χ1) is 8.13. The van der Waals surface area contributed by atoms with Gasteiger partial charge in [0.2, 0.25) is 0 Å². The fourth-order valence-electron chi connectivity index (χ4n) is 2.29. The Hall–Kier alpha value is -1.29. The van der Waals surface area contributed by atoms with Crippen molar-refractivity contribution < 1.29 is 9.84 Å². The number of nitrogens with zero attached hydrogens (tertiary/aromatic N) is 2. The molecule has 2 rings (SSSR count). The molecule has 0 saturated carbocycles. The van der Waals surface area contributed by atoms with Crippen LogP contribution in [0.3, 0.4) is 0 Å². The maximum absolute atomic E-state index is 9.72. The van der Waals surface area contributed by atoms with E-state index < -0.39 is 0 Å². The van der Waals surface area contributed by atoms with Crippen LogP contribution in [-0.2, 0) is 0 Å². The molecule has 1 aliphatic carbocycles. The molecule has 0 radical (unpaired) electrons. The highest BCUT2D eigenvalue weighted by molar-refractivity contribution is 5.68. The molecule has 0 spiro atoms. The first-order valence-corrected chi connectivity index (χ1v) is 6.14. The van der Waals surface area contributed by atoms with Crippen molar-refractivity contribution in [3.05, 3.63) is 18.0 Å². The molecule has 1 aliphatic rings. The molecule has 1 aromatic rings. The van der Waals surface area contributed by atoms with Crippen molar-refractivity contribution in [1.29, 1.82) is 0 Å². The van der Waals surface area contributed by atoms with E-state index in [9.17, 15) is 5.11 Å². The molecule has 4 nitrogen and oxygen atoms in total. The number of hydrogen-bond donors (Lipinski definition) is 1. The molecular weight excluding hydrogens is 216 g/mol. The topological polar surface area (TPSA) is 47.3 Å². The summed E-state index contributed by atoms with van der Waals surface area (Å²) in [7, 11) is 1.66. The number of aliphatic hydroxyl groups excluding tert-OH is 1. The largest absolute Gasteiger partial charge is 0.493 e. The van der Waals surface area contributed by atoms with Crippen LogP contribution in [0.25, 0.3) is 5.57 Å². The Morgan fingerprint density at radius 1 is 1.53 bits per heavy atom. The van der Waals surface area contributed by atoms with Gasteiger partial charge in [0.05, 0.1) is 19.4 Å². The third-order valence-corrected chi connectivity index (χ3v) is 3.11. The van der Waals surface area contributed by atoms with Crippen molar-refractivity contribution in [2.75, 3.05) is 7.11 Å². The van der Waals surface area contributed by atoms with Crippen LogP contribution in [0.15, 0.2) is 12.3 Å². The first-order valence-electron chi connectivity index (χ1n) is 6.14. The summed E-state index contributed by atoms with van der Waals surface area (Å²) in [5.74, 6) is 0.791. The standard InChI is InChI=1S/C13H20N2O2/c1-9(2)15-13(12(17-3)8-14-15)10-5-4-6-11(16)7-10/h7-9,11,16H,4-6H2,1-3H3. The van der Waals surface area contributed by atoms with E-state index in [1.54, 1.807) is 13.3 Å². The lowest BCUT2D eigenvalue weighted by Gasteiger charge is -2.20. The summed E-state index contributed by atoms with van der Waals surface area (Å²) in [6.45, 7) is 4.19. The van der Waals surface area contributed by atoms with Gasteiger partial charge in [-0.25, -0.2) is 0 Å². The molecule has 1 aromatic heterocycles. The molecule has 0 amide bonds. The number of methoxy groups -OCH3 is 1. The zero-order chi connectivity index (χ0) is 12.4. The molecule has 0 saturated heterocycles. The van der Waals surface area contributed by atoms with Gasteiger partial charge in [-0.3, -0.25) is 4.68 Å². The third-order valence-electron chi connectivity index (χ3n) is 3.11. The van der Waals surface area contributed by atoms with E-state index in [0.29, 0.717) is 0 Å². The zero-order valence-electron chi connectivity index (χ0n) is 10.7. The van der Waals surface area contributed by atoms with Gasteiger partial charge in [0.15, 0.2) is 5.75 Å². The summed E-state index contributed by atoms with van der Waals surface area (Å²) in [5, 5.41) is 14.1. The van der Waals surface area contributed by atoms with Crippen LogP contribution in [0.2, 0.25) is 0 Å². The number of ether oxygens (including phenoxy) is 1. The van der Waals surface area contributed by atoms with Crippen molar-refractivity contribution in [3.63, 3.8) is 0 Å². The maximum atomic E-state index is 9.72. The normalized spacial score (nSPS) is 20.5. The van der Waals surface area contributed by atoms with Crippen molar-refractivity contribution in [3.8, 4) is 5.75 Å². The highest BCUT2D eigenvalue weighted by Crippen LogP contribution is 2.34. The molecule has 0 bridgehead atoms. The van der Waals surface area contributed by atoms with E-state index in [0.717, 1.165) is 36.3 Å². The number of aromatic nitrogens is 2. The average Bonchev–Trinajstić information content (AvgIpc) is 2.72. The molecule has 1 unspecified atom stereocenters. The Bertz CT molecular complexity index is 421. The zero-order valence-corrected chi connectivity index (χ0v) is 10.7. The minimum atomic E-state index is -0.334. The van der Waals surface area contributed by atoms with Crippen molar-refractivity contribution in [1.82, 2.24) is 9.78 Å². The summed E-state index contributed by atoms with van der Waals surface area (Å²) >= 11 is 0. The van der Waals surface area contributed by atoms with Gasteiger partial charge >= 0.3 is 0 Å². The summed E-state index contributed by atoms with van der Waals surface area (Å²) in [6, 6.07) is 0.286. The molecule has 94 valence electrons. The van der Waals surface area contributed by atoms with Crippen LogP contribution >= 0.6 is 0 Å². The summed E-state index contributed by atoms with van der Waals surface area (Å²) in [4.78, 5) is 0. The predicted octanol–water partition coefficient (Wildman–Crippen LogP) is 2.40. The summed E-state index contributed by atoms with van der Waals surface area (Å²) < 4.78 is 7.32. The molecule has 0 aromatic carbocycles. The van der Waals surface area contributed by atoms with Crippen molar-refractivity contribution >= 4 is 5.57 Å². The Kier molecular flexibility index (Phi) is 3.52. The minimum Gasteiger partial charge on any atom is -0.493 e. The molecule has 0 aliphatic heterocycles. The van der Waals surface area contributed by atoms with Gasteiger partial charge in [-0.15, -0.1) is 0 Å². The number of aliphatic hydroxyl groups is 1. The Morgan fingerprint density at radius 2 is 2.29 bits per heavy atom. The van der Waals surface area contributed by atoms with Crippen LogP contribution < -0.4 is 4.74 Å². The quantitative estimate of drug-likeness (QED) is 0.876. The monoisotopic (exact) mass is 236 g/mol. The van der Waals surface area contributed by atoms with E-state index in [1.807, 2.05) is 10.8 Å². The van der Waals surface area contributed by atoms with Gasteiger partial charge in [0.1, 0.15) is 5.69 Å². The first kappa shape index (κ1) is 12.2. The van der Waals surface area contributed by atoms with E-state index in [1.165, 1.54) is 0 Å². The van der Waals surface area contributed by atoms with Crippen LogP contribution in [0.1, 0.15) is 44.8 Å². The molecule has 0 fully saturated rings. The lowest BCUT2D eigenvalue weighted by Crippen LogP contribution is -2.13. The molecule has 1 atom stereocenters. The van der Waals surface area contributed by atoms with Crippen LogP contribution in [0, 0.1) is 0 Å². The number of allylic oxidation sites excluding steroid dienone is 1. The van der Waals surface area contributed by atoms with Crippen LogP contribution in [0.4, 0.5) is 0 Å². The fraction of sp³-hybridized carbons (Fsp3) is 0.615. The van der Waals surface area contributed by atoms with Crippen LogP contribution in [-0.4, -0.2) is 28.1 Å². The van der Waals surface area contributed by atoms with Gasteiger partial charge in [-0.05, 0) is 38.7 Å². The van der Waals surface area contributed by atoms with Crippen molar-refractivity contribution in [2.45, 2.75) is 45.3 Å². The van der Waals surface area contributed by atoms with Gasteiger partial charge in [-0.1, -0.05) is 6.08 Å². The Labute approximate surface area is 102 Å². The molecule has 1 N–H and O–H groups in total. The van der Waals surface area contributed by atoms with Gasteiger partial charge < -0.3 is 9.84 Å². The second kappa shape index (κ2) is 4.92. The number of rotatable bonds is 3. The van der Waals surface area contributed by atoms with Gasteiger partial charge in [-0.2, -0.15) is 5.10 Å². The van der Waals surface area contributed by atoms with E-state index in [-0.39, 0.29) is 12.1 Å². The van der Waals surface area contributed by atoms with E-state index in [4.69, 9.17) is 4.74 Å². The summed E-state index contributed by atoms with van der Waals surface area (Å²) in [5.41, 5.74) is 2.16. The molecule has 4 heteroatoms. The lowest BCUT2D eigenvalue weighted by atomic mass is 9.95. The Morgan fingerprint density at radius 3 is 2.88 bits per heavy atom. The SMILES string of the molecule is COc1cnn(C(C)C)c1C1=CC(O)CCC1. The highest BCUT2D eigenvalue weighted by Gasteiger charge is 2.21. The maximum Gasteiger partial charge on any atom is 0.164 e. The number of hydrogen-bond acceptors (Lipinski definition) is 3. The molecular formula is C13H20N2O2. The van der Waals surface area contributed by atoms with Crippen molar-refractivity contribution in [2.24, 2.45) is 0 Å². The smallest absolute Gasteiger partial charge is 0.164 e. The lowest BCUT2D eigenvalue weighted by molar-refractivity contribution is 0.206. The minimum absolute atomic E-state index is 0.286. The van der Waals surface area contributed by atoms with Crippen LogP contribution in [0.5, 0.6) is 5.75 Å². The third kappa shape index (κ3) is 2.36. The second-order valence-corrected chi connectivity index (χ2v) is 4.75. The second-order valence-electron chi connectivity index (χ2n) is 4.75. The van der Waals surface area contributed by atoms with E-state index >= 15 is 0 Å². The average molecular weight is 236 g/mol. The van der Waals surface area contributed by atoms with E-state index in [2.05, 4.69) is 18.9 Å². The Balaban J connectivity index is 2.45. The molecule has 1 heterocycles. The molecule has 17 heavy (non-hydrogen) atoms. The van der Waals surface area contributed by atoms with Gasteiger partial charge in [0.25, 0.3) is 0 Å². The van der Waals surface area contributed by atoms with Gasteiger partial charge in [0, 0.05) is 6.04 Å².